The van der Waals surface area contributed by atoms with E-state index in [-0.39, 0.29) is 35.7 Å². The van der Waals surface area contributed by atoms with Gasteiger partial charge in [-0.15, -0.1) is 24.0 Å². The van der Waals surface area contributed by atoms with Gasteiger partial charge in [-0.1, -0.05) is 30.3 Å². The number of benzene rings is 2. The van der Waals surface area contributed by atoms with Crippen LogP contribution in [0.5, 0.6) is 5.75 Å². The molecule has 0 radical (unpaired) electrons. The highest BCUT2D eigenvalue weighted by molar-refractivity contribution is 14.0. The molecule has 0 saturated heterocycles. The van der Waals surface area contributed by atoms with Gasteiger partial charge in [-0.2, -0.15) is 0 Å². The summed E-state index contributed by atoms with van der Waals surface area (Å²) in [6, 6.07) is 14.5. The minimum Gasteiger partial charge on any atom is -0.493 e. The summed E-state index contributed by atoms with van der Waals surface area (Å²) in [6.07, 6.45) is 1.41. The monoisotopic (exact) mass is 468 g/mol. The van der Waals surface area contributed by atoms with E-state index < -0.39 is 4.92 Å². The van der Waals surface area contributed by atoms with E-state index in [9.17, 15) is 10.1 Å². The van der Waals surface area contributed by atoms with Crippen molar-refractivity contribution in [1.82, 2.24) is 5.32 Å². The minimum atomic E-state index is -0.398. The number of para-hydroxylation sites is 1. The number of nitrogens with zero attached hydrogens (tertiary/aromatic N) is 2. The van der Waals surface area contributed by atoms with Crippen molar-refractivity contribution in [2.24, 2.45) is 10.7 Å². The molecule has 1 aliphatic rings. The number of nitrogens with one attached hydrogen (secondary N) is 1. The maximum Gasteiger partial charge on any atom is 0.269 e. The lowest BCUT2D eigenvalue weighted by molar-refractivity contribution is -0.384. The first kappa shape index (κ1) is 20.0. The van der Waals surface area contributed by atoms with Crippen LogP contribution in [-0.4, -0.2) is 24.0 Å². The number of non-ortho nitro benzene ring substituents is 1. The third-order valence-corrected chi connectivity index (χ3v) is 4.08. The molecular weight excluding hydrogens is 447 g/mol. The molecule has 0 spiro atoms. The number of nitro benzene ring substituents is 1. The van der Waals surface area contributed by atoms with Crippen LogP contribution in [0.1, 0.15) is 23.6 Å². The summed E-state index contributed by atoms with van der Waals surface area (Å²) >= 11 is 0. The van der Waals surface area contributed by atoms with E-state index >= 15 is 0 Å². The first-order valence-corrected chi connectivity index (χ1v) is 8.15. The van der Waals surface area contributed by atoms with Gasteiger partial charge < -0.3 is 15.8 Å². The Morgan fingerprint density at radius 3 is 2.92 bits per heavy atom. The molecule has 0 aliphatic carbocycles. The fourth-order valence-electron chi connectivity index (χ4n) is 2.85. The van der Waals surface area contributed by atoms with E-state index in [1.807, 2.05) is 30.3 Å². The molecule has 138 valence electrons. The molecular formula is C18H21IN4O3. The molecule has 7 nitrogen and oxygen atoms in total. The van der Waals surface area contributed by atoms with E-state index in [1.165, 1.54) is 6.07 Å². The van der Waals surface area contributed by atoms with Gasteiger partial charge in [0.25, 0.3) is 5.69 Å². The fourth-order valence-corrected chi connectivity index (χ4v) is 2.85. The quantitative estimate of drug-likeness (QED) is 0.231. The average Bonchev–Trinajstić information content (AvgIpc) is 2.62. The maximum absolute atomic E-state index is 10.8. The fraction of sp³-hybridized carbons (Fsp3) is 0.278. The van der Waals surface area contributed by atoms with Crippen molar-refractivity contribution >= 4 is 35.6 Å². The largest absolute Gasteiger partial charge is 0.493 e. The minimum absolute atomic E-state index is 0. The molecule has 0 fully saturated rings. The number of guanidine groups is 1. The molecule has 2 aromatic rings. The predicted octanol–water partition coefficient (Wildman–Crippen LogP) is 3.18. The molecule has 1 atom stereocenters. The number of nitro groups is 1. The summed E-state index contributed by atoms with van der Waals surface area (Å²) < 4.78 is 5.63. The van der Waals surface area contributed by atoms with Gasteiger partial charge in [0.1, 0.15) is 5.75 Å². The smallest absolute Gasteiger partial charge is 0.269 e. The zero-order valence-corrected chi connectivity index (χ0v) is 16.5. The summed E-state index contributed by atoms with van der Waals surface area (Å²) in [6.45, 7) is 1.10. The van der Waals surface area contributed by atoms with Gasteiger partial charge in [-0.05, 0) is 18.1 Å². The van der Waals surface area contributed by atoms with Gasteiger partial charge in [-0.25, -0.2) is 0 Å². The first-order chi connectivity index (χ1) is 12.1. The second-order valence-electron chi connectivity index (χ2n) is 5.82. The second-order valence-corrected chi connectivity index (χ2v) is 5.82. The van der Waals surface area contributed by atoms with Crippen LogP contribution in [0.2, 0.25) is 0 Å². The van der Waals surface area contributed by atoms with E-state index in [2.05, 4.69) is 10.3 Å². The van der Waals surface area contributed by atoms with Gasteiger partial charge in [0, 0.05) is 30.7 Å². The molecule has 1 unspecified atom stereocenters. The number of nitrogens with two attached hydrogens (primary N) is 1. The van der Waals surface area contributed by atoms with Crippen LogP contribution in [-0.2, 0) is 6.42 Å². The third-order valence-electron chi connectivity index (χ3n) is 4.08. The normalized spacial score (nSPS) is 16.0. The Morgan fingerprint density at radius 2 is 2.12 bits per heavy atom. The number of fused-ring (bicyclic) bond motifs is 1. The Bertz CT molecular complexity index is 798. The predicted molar refractivity (Wildman–Crippen MR) is 111 cm³/mol. The third kappa shape index (κ3) is 5.07. The first-order valence-electron chi connectivity index (χ1n) is 8.15. The van der Waals surface area contributed by atoms with Crippen molar-refractivity contribution in [2.45, 2.75) is 18.9 Å². The number of hydrogen-bond acceptors (Lipinski definition) is 4. The van der Waals surface area contributed by atoms with Crippen molar-refractivity contribution in [2.75, 3.05) is 13.2 Å². The topological polar surface area (TPSA) is 103 Å². The van der Waals surface area contributed by atoms with Gasteiger partial charge in [0.2, 0.25) is 0 Å². The molecule has 1 heterocycles. The summed E-state index contributed by atoms with van der Waals surface area (Å²) in [4.78, 5) is 14.7. The molecule has 0 aromatic heterocycles. The van der Waals surface area contributed by atoms with Gasteiger partial charge in [0.15, 0.2) is 5.96 Å². The number of hydrogen-bond donors (Lipinski definition) is 2. The maximum atomic E-state index is 10.8. The van der Waals surface area contributed by atoms with Crippen molar-refractivity contribution in [1.29, 1.82) is 0 Å². The van der Waals surface area contributed by atoms with Gasteiger partial charge in [-0.3, -0.25) is 15.1 Å². The molecule has 1 aliphatic heterocycles. The molecule has 0 amide bonds. The average molecular weight is 468 g/mol. The van der Waals surface area contributed by atoms with Crippen LogP contribution >= 0.6 is 24.0 Å². The van der Waals surface area contributed by atoms with Crippen molar-refractivity contribution in [3.63, 3.8) is 0 Å². The molecule has 26 heavy (non-hydrogen) atoms. The second kappa shape index (κ2) is 9.37. The number of ether oxygens (including phenoxy) is 1. The Kier molecular flexibility index (Phi) is 7.19. The highest BCUT2D eigenvalue weighted by atomic mass is 127. The van der Waals surface area contributed by atoms with E-state index in [1.54, 1.807) is 12.1 Å². The zero-order valence-electron chi connectivity index (χ0n) is 14.1. The van der Waals surface area contributed by atoms with Crippen LogP contribution in [0.4, 0.5) is 5.69 Å². The summed E-state index contributed by atoms with van der Waals surface area (Å²) in [5.41, 5.74) is 8.02. The number of rotatable bonds is 5. The van der Waals surface area contributed by atoms with Crippen LogP contribution in [0.3, 0.4) is 0 Å². The van der Waals surface area contributed by atoms with Crippen molar-refractivity contribution in [3.05, 3.63) is 69.8 Å². The van der Waals surface area contributed by atoms with E-state index in [0.29, 0.717) is 25.5 Å². The summed E-state index contributed by atoms with van der Waals surface area (Å²) in [5.74, 6) is 1.24. The van der Waals surface area contributed by atoms with Crippen LogP contribution < -0.4 is 15.8 Å². The SMILES string of the molecule is I.NC(=NCCc1cccc([N+](=O)[O-])c1)NC1CCOc2ccccc21. The molecule has 0 bridgehead atoms. The molecule has 2 aromatic carbocycles. The van der Waals surface area contributed by atoms with Crippen LogP contribution in [0, 0.1) is 10.1 Å². The molecule has 3 N–H and O–H groups in total. The molecule has 8 heteroatoms. The lowest BCUT2D eigenvalue weighted by atomic mass is 10.0. The van der Waals surface area contributed by atoms with E-state index in [0.717, 1.165) is 23.3 Å². The standard InChI is InChI=1S/C18H20N4O3.HI/c19-18(20-10-8-13-4-3-5-14(12-13)22(23)24)21-16-9-11-25-17-7-2-1-6-15(16)17;/h1-7,12,16H,8-11H2,(H3,19,20,21);1H. The lowest BCUT2D eigenvalue weighted by Crippen LogP contribution is -2.37. The summed E-state index contributed by atoms with van der Waals surface area (Å²) in [5, 5.41) is 14.0. The van der Waals surface area contributed by atoms with Gasteiger partial charge >= 0.3 is 0 Å². The van der Waals surface area contributed by atoms with Crippen LogP contribution in [0.15, 0.2) is 53.5 Å². The Morgan fingerprint density at radius 1 is 1.31 bits per heavy atom. The number of aliphatic imine (C=N–C) groups is 1. The van der Waals surface area contributed by atoms with Crippen molar-refractivity contribution in [3.8, 4) is 5.75 Å². The van der Waals surface area contributed by atoms with Gasteiger partial charge in [0.05, 0.1) is 17.6 Å². The number of halogens is 1. The molecule has 0 saturated carbocycles. The lowest BCUT2D eigenvalue weighted by Gasteiger charge is -2.26. The van der Waals surface area contributed by atoms with E-state index in [4.69, 9.17) is 10.5 Å². The Hall–Kier alpha value is -2.36. The molecule has 3 rings (SSSR count). The Labute approximate surface area is 168 Å². The highest BCUT2D eigenvalue weighted by Crippen LogP contribution is 2.31. The van der Waals surface area contributed by atoms with Crippen molar-refractivity contribution < 1.29 is 9.66 Å². The highest BCUT2D eigenvalue weighted by Gasteiger charge is 2.21. The summed E-state index contributed by atoms with van der Waals surface area (Å²) in [7, 11) is 0. The van der Waals surface area contributed by atoms with Crippen LogP contribution in [0.25, 0.3) is 0 Å². The Balaban J connectivity index is 0.00000243. The zero-order chi connectivity index (χ0) is 17.6.